The largest absolute Gasteiger partial charge is 0.387 e. The molecule has 1 fully saturated rings. The van der Waals surface area contributed by atoms with Crippen LogP contribution in [0.1, 0.15) is 49.7 Å². The van der Waals surface area contributed by atoms with Crippen LogP contribution < -0.4 is 5.73 Å². The molecule has 0 saturated heterocycles. The van der Waals surface area contributed by atoms with Crippen molar-refractivity contribution >= 4 is 11.5 Å². The van der Waals surface area contributed by atoms with E-state index in [9.17, 15) is 0 Å². The molecule has 0 spiro atoms. The Morgan fingerprint density at radius 1 is 1.00 bits per heavy atom. The molecule has 1 saturated carbocycles. The van der Waals surface area contributed by atoms with Crippen LogP contribution in [0.4, 0.5) is 5.69 Å². The van der Waals surface area contributed by atoms with Gasteiger partial charge in [-0.2, -0.15) is 0 Å². The fourth-order valence-electron chi connectivity index (χ4n) is 3.27. The number of aliphatic imine (C=N–C) groups is 1. The topological polar surface area (TPSA) is 38.4 Å². The third-order valence-corrected chi connectivity index (χ3v) is 4.36. The summed E-state index contributed by atoms with van der Waals surface area (Å²) in [5.74, 6) is 1.37. The SMILES string of the molecule is NC(=Nc1ccc2c(c1)CCC2)C1CCCCC1. The van der Waals surface area contributed by atoms with Gasteiger partial charge in [-0.25, -0.2) is 4.99 Å². The van der Waals surface area contributed by atoms with Crippen molar-refractivity contribution in [2.45, 2.75) is 51.4 Å². The molecular formula is C16H22N2. The predicted octanol–water partition coefficient (Wildman–Crippen LogP) is 3.74. The van der Waals surface area contributed by atoms with Crippen LogP contribution >= 0.6 is 0 Å². The molecule has 2 heteroatoms. The minimum atomic E-state index is 0.520. The Bertz CT molecular complexity index is 456. The van der Waals surface area contributed by atoms with E-state index in [1.807, 2.05) is 0 Å². The Morgan fingerprint density at radius 3 is 2.61 bits per heavy atom. The first kappa shape index (κ1) is 11.8. The molecule has 3 rings (SSSR count). The van der Waals surface area contributed by atoms with Crippen molar-refractivity contribution in [1.82, 2.24) is 0 Å². The highest BCUT2D eigenvalue weighted by atomic mass is 14.9. The zero-order valence-corrected chi connectivity index (χ0v) is 11.0. The molecule has 1 aromatic rings. The van der Waals surface area contributed by atoms with Crippen molar-refractivity contribution in [2.75, 3.05) is 0 Å². The van der Waals surface area contributed by atoms with Gasteiger partial charge in [0, 0.05) is 5.92 Å². The minimum Gasteiger partial charge on any atom is -0.387 e. The molecule has 2 nitrogen and oxygen atoms in total. The number of hydrogen-bond donors (Lipinski definition) is 1. The van der Waals surface area contributed by atoms with Crippen molar-refractivity contribution in [3.05, 3.63) is 29.3 Å². The van der Waals surface area contributed by atoms with Crippen molar-refractivity contribution in [3.8, 4) is 0 Å². The van der Waals surface area contributed by atoms with Crippen LogP contribution in [0.3, 0.4) is 0 Å². The van der Waals surface area contributed by atoms with E-state index in [4.69, 9.17) is 5.73 Å². The molecule has 2 N–H and O–H groups in total. The normalized spacial score (nSPS) is 21.0. The van der Waals surface area contributed by atoms with Gasteiger partial charge < -0.3 is 5.73 Å². The fraction of sp³-hybridized carbons (Fsp3) is 0.562. The van der Waals surface area contributed by atoms with Gasteiger partial charge in [0.1, 0.15) is 5.84 Å². The summed E-state index contributed by atoms with van der Waals surface area (Å²) < 4.78 is 0. The lowest BCUT2D eigenvalue weighted by molar-refractivity contribution is 0.437. The first-order chi connectivity index (χ1) is 8.83. The summed E-state index contributed by atoms with van der Waals surface area (Å²) in [6, 6.07) is 6.59. The van der Waals surface area contributed by atoms with E-state index in [0.717, 1.165) is 11.5 Å². The molecule has 0 bridgehead atoms. The van der Waals surface area contributed by atoms with Crippen LogP contribution in [0.25, 0.3) is 0 Å². The molecule has 18 heavy (non-hydrogen) atoms. The van der Waals surface area contributed by atoms with Gasteiger partial charge in [0.15, 0.2) is 0 Å². The molecule has 0 aliphatic heterocycles. The van der Waals surface area contributed by atoms with Crippen molar-refractivity contribution in [3.63, 3.8) is 0 Å². The molecule has 0 radical (unpaired) electrons. The molecule has 0 amide bonds. The van der Waals surface area contributed by atoms with E-state index in [1.54, 1.807) is 0 Å². The molecule has 0 unspecified atom stereocenters. The van der Waals surface area contributed by atoms with Crippen LogP contribution in [0.2, 0.25) is 0 Å². The van der Waals surface area contributed by atoms with E-state index in [2.05, 4.69) is 23.2 Å². The Hall–Kier alpha value is -1.31. The zero-order valence-electron chi connectivity index (χ0n) is 11.0. The molecule has 0 aromatic heterocycles. The second-order valence-electron chi connectivity index (χ2n) is 5.68. The van der Waals surface area contributed by atoms with E-state index in [-0.39, 0.29) is 0 Å². The highest BCUT2D eigenvalue weighted by Crippen LogP contribution is 2.28. The van der Waals surface area contributed by atoms with E-state index in [0.29, 0.717) is 5.92 Å². The van der Waals surface area contributed by atoms with Crippen LogP contribution in [0, 0.1) is 5.92 Å². The van der Waals surface area contributed by atoms with Gasteiger partial charge in [-0.05, 0) is 55.4 Å². The van der Waals surface area contributed by atoms with Crippen LogP contribution in [-0.2, 0) is 12.8 Å². The Balaban J connectivity index is 1.78. The summed E-state index contributed by atoms with van der Waals surface area (Å²) in [5.41, 5.74) is 10.2. The van der Waals surface area contributed by atoms with Gasteiger partial charge in [0.05, 0.1) is 5.69 Å². The lowest BCUT2D eigenvalue weighted by atomic mass is 9.88. The summed E-state index contributed by atoms with van der Waals surface area (Å²) in [5, 5.41) is 0. The van der Waals surface area contributed by atoms with Gasteiger partial charge in [-0.3, -0.25) is 0 Å². The molecule has 0 heterocycles. The number of aryl methyl sites for hydroxylation is 2. The number of rotatable bonds is 2. The third-order valence-electron chi connectivity index (χ3n) is 4.36. The summed E-state index contributed by atoms with van der Waals surface area (Å²) in [7, 11) is 0. The standard InChI is InChI=1S/C16H22N2/c17-16(13-5-2-1-3-6-13)18-15-10-9-12-7-4-8-14(12)11-15/h9-11,13H,1-8H2,(H2,17,18). The van der Waals surface area contributed by atoms with Gasteiger partial charge in [-0.15, -0.1) is 0 Å². The van der Waals surface area contributed by atoms with E-state index in [1.165, 1.54) is 62.5 Å². The van der Waals surface area contributed by atoms with Gasteiger partial charge >= 0.3 is 0 Å². The van der Waals surface area contributed by atoms with Gasteiger partial charge in [0.2, 0.25) is 0 Å². The Morgan fingerprint density at radius 2 is 1.78 bits per heavy atom. The summed E-state index contributed by atoms with van der Waals surface area (Å²) in [6.07, 6.45) is 10.2. The lowest BCUT2D eigenvalue weighted by Gasteiger charge is -2.20. The summed E-state index contributed by atoms with van der Waals surface area (Å²) >= 11 is 0. The number of benzene rings is 1. The highest BCUT2D eigenvalue weighted by molar-refractivity contribution is 5.85. The van der Waals surface area contributed by atoms with E-state index >= 15 is 0 Å². The average Bonchev–Trinajstić information content (AvgIpc) is 2.87. The first-order valence-electron chi connectivity index (χ1n) is 7.29. The highest BCUT2D eigenvalue weighted by Gasteiger charge is 2.17. The predicted molar refractivity (Wildman–Crippen MR) is 76.3 cm³/mol. The first-order valence-corrected chi connectivity index (χ1v) is 7.29. The molecule has 0 atom stereocenters. The smallest absolute Gasteiger partial charge is 0.103 e. The maximum atomic E-state index is 6.18. The monoisotopic (exact) mass is 242 g/mol. The zero-order chi connectivity index (χ0) is 12.4. The van der Waals surface area contributed by atoms with Crippen molar-refractivity contribution < 1.29 is 0 Å². The molecular weight excluding hydrogens is 220 g/mol. The van der Waals surface area contributed by atoms with Crippen LogP contribution in [0.15, 0.2) is 23.2 Å². The number of nitrogens with zero attached hydrogens (tertiary/aromatic N) is 1. The van der Waals surface area contributed by atoms with Crippen LogP contribution in [-0.4, -0.2) is 5.84 Å². The fourth-order valence-corrected chi connectivity index (χ4v) is 3.27. The second-order valence-corrected chi connectivity index (χ2v) is 5.68. The van der Waals surface area contributed by atoms with Gasteiger partial charge in [0.25, 0.3) is 0 Å². The van der Waals surface area contributed by atoms with Crippen LogP contribution in [0.5, 0.6) is 0 Å². The maximum Gasteiger partial charge on any atom is 0.103 e. The lowest BCUT2D eigenvalue weighted by Crippen LogP contribution is -2.25. The summed E-state index contributed by atoms with van der Waals surface area (Å²) in [4.78, 5) is 4.65. The Labute approximate surface area is 109 Å². The number of amidine groups is 1. The quantitative estimate of drug-likeness (QED) is 0.622. The summed E-state index contributed by atoms with van der Waals surface area (Å²) in [6.45, 7) is 0. The Kier molecular flexibility index (Phi) is 3.35. The second kappa shape index (κ2) is 5.13. The number of nitrogens with two attached hydrogens (primary N) is 1. The number of fused-ring (bicyclic) bond motifs is 1. The average molecular weight is 242 g/mol. The van der Waals surface area contributed by atoms with E-state index < -0.39 is 0 Å². The molecule has 1 aromatic carbocycles. The third kappa shape index (κ3) is 2.43. The van der Waals surface area contributed by atoms with Crippen molar-refractivity contribution in [2.24, 2.45) is 16.6 Å². The van der Waals surface area contributed by atoms with Gasteiger partial charge in [-0.1, -0.05) is 25.3 Å². The molecule has 2 aliphatic rings. The molecule has 2 aliphatic carbocycles. The minimum absolute atomic E-state index is 0.520. The van der Waals surface area contributed by atoms with Crippen molar-refractivity contribution in [1.29, 1.82) is 0 Å². The number of hydrogen-bond acceptors (Lipinski definition) is 1. The molecule has 96 valence electrons. The maximum absolute atomic E-state index is 6.18.